The average molecular weight is 383 g/mol. The number of imide groups is 1. The largest absolute Gasteiger partial charge is 0.368 e. The highest BCUT2D eigenvalue weighted by atomic mass is 32.2. The predicted molar refractivity (Wildman–Crippen MR) is 107 cm³/mol. The van der Waals surface area contributed by atoms with Crippen molar-refractivity contribution < 1.29 is 14.4 Å². The van der Waals surface area contributed by atoms with Gasteiger partial charge < -0.3 is 10.3 Å². The summed E-state index contributed by atoms with van der Waals surface area (Å²) >= 11 is 0.825. The first kappa shape index (κ1) is 19.0. The van der Waals surface area contributed by atoms with Gasteiger partial charge in [0.05, 0.1) is 4.91 Å². The zero-order valence-corrected chi connectivity index (χ0v) is 16.5. The molecule has 1 aliphatic heterocycles. The maximum absolute atomic E-state index is 12.4. The van der Waals surface area contributed by atoms with E-state index < -0.39 is 23.6 Å². The van der Waals surface area contributed by atoms with Gasteiger partial charge in [-0.3, -0.25) is 19.3 Å². The Bertz CT molecular complexity index is 1000. The van der Waals surface area contributed by atoms with Gasteiger partial charge in [-0.05, 0) is 74.4 Å². The fraction of sp³-hybridized carbons (Fsp3) is 0.250. The normalized spacial score (nSPS) is 15.9. The summed E-state index contributed by atoms with van der Waals surface area (Å²) in [6.07, 6.45) is 1.70. The number of nitrogens with two attached hydrogens (primary N) is 1. The van der Waals surface area contributed by atoms with Crippen LogP contribution in [0.5, 0.6) is 0 Å². The molecule has 3 rings (SSSR count). The van der Waals surface area contributed by atoms with Crippen LogP contribution in [0.15, 0.2) is 29.2 Å². The molecule has 1 aliphatic rings. The van der Waals surface area contributed by atoms with Crippen molar-refractivity contribution in [3.8, 4) is 5.69 Å². The van der Waals surface area contributed by atoms with Gasteiger partial charge in [0, 0.05) is 17.1 Å². The lowest BCUT2D eigenvalue weighted by atomic mass is 10.1. The number of carbonyl (C=O) groups is 3. The zero-order valence-electron chi connectivity index (χ0n) is 15.7. The first-order valence-electron chi connectivity index (χ1n) is 8.50. The number of rotatable bonds is 4. The number of aromatic nitrogens is 1. The molecule has 6 nitrogen and oxygen atoms in total. The molecular formula is C20H21N3O3S. The lowest BCUT2D eigenvalue weighted by Crippen LogP contribution is -2.36. The summed E-state index contributed by atoms with van der Waals surface area (Å²) in [5.74, 6) is -1.20. The second-order valence-corrected chi connectivity index (χ2v) is 7.61. The molecule has 0 atom stereocenters. The third-order valence-corrected chi connectivity index (χ3v) is 5.67. The molecule has 0 radical (unpaired) electrons. The molecule has 1 aromatic carbocycles. The molecule has 2 N–H and O–H groups in total. The number of amides is 3. The standard InChI is InChI=1S/C20H21N3O3S/c1-11-6-5-7-16(13(11)3)23-12(2)8-15(14(23)4)9-17-19(25)22(10-18(21)24)20(26)27-17/h5-9H,10H2,1-4H3,(H2,21,24)/b17-9-. The maximum atomic E-state index is 12.4. The first-order chi connectivity index (χ1) is 12.7. The number of benzene rings is 1. The van der Waals surface area contributed by atoms with E-state index in [-0.39, 0.29) is 0 Å². The molecule has 3 amide bonds. The van der Waals surface area contributed by atoms with Crippen molar-refractivity contribution in [3.63, 3.8) is 0 Å². The van der Waals surface area contributed by atoms with E-state index in [4.69, 9.17) is 5.73 Å². The minimum absolute atomic E-state index is 0.294. The quantitative estimate of drug-likeness (QED) is 0.822. The highest BCUT2D eigenvalue weighted by Gasteiger charge is 2.36. The summed E-state index contributed by atoms with van der Waals surface area (Å²) in [5, 5.41) is -0.478. The second kappa shape index (κ2) is 7.08. The van der Waals surface area contributed by atoms with E-state index in [1.165, 1.54) is 11.1 Å². The second-order valence-electron chi connectivity index (χ2n) is 6.62. The molecule has 27 heavy (non-hydrogen) atoms. The van der Waals surface area contributed by atoms with Crippen LogP contribution in [0.3, 0.4) is 0 Å². The Morgan fingerprint density at radius 1 is 1.19 bits per heavy atom. The molecule has 0 aliphatic carbocycles. The summed E-state index contributed by atoms with van der Waals surface area (Å²) in [7, 11) is 0. The molecule has 0 saturated carbocycles. The van der Waals surface area contributed by atoms with Gasteiger partial charge in [-0.15, -0.1) is 0 Å². The summed E-state index contributed by atoms with van der Waals surface area (Å²) < 4.78 is 2.14. The van der Waals surface area contributed by atoms with Gasteiger partial charge >= 0.3 is 0 Å². The van der Waals surface area contributed by atoms with Crippen LogP contribution in [0.2, 0.25) is 0 Å². The number of nitrogens with zero attached hydrogens (tertiary/aromatic N) is 2. The monoisotopic (exact) mass is 383 g/mol. The topological polar surface area (TPSA) is 85.4 Å². The van der Waals surface area contributed by atoms with E-state index in [2.05, 4.69) is 30.5 Å². The minimum Gasteiger partial charge on any atom is -0.368 e. The van der Waals surface area contributed by atoms with Crippen LogP contribution < -0.4 is 5.73 Å². The van der Waals surface area contributed by atoms with Crippen molar-refractivity contribution in [1.29, 1.82) is 0 Å². The Morgan fingerprint density at radius 2 is 1.89 bits per heavy atom. The van der Waals surface area contributed by atoms with Crippen LogP contribution in [0.1, 0.15) is 28.1 Å². The fourth-order valence-electron chi connectivity index (χ4n) is 3.22. The van der Waals surface area contributed by atoms with Crippen molar-refractivity contribution in [2.24, 2.45) is 5.73 Å². The molecule has 1 aromatic heterocycles. The van der Waals surface area contributed by atoms with Crippen molar-refractivity contribution in [2.45, 2.75) is 27.7 Å². The Balaban J connectivity index is 2.02. The van der Waals surface area contributed by atoms with E-state index in [1.807, 2.05) is 26.0 Å². The van der Waals surface area contributed by atoms with Crippen molar-refractivity contribution in [1.82, 2.24) is 9.47 Å². The van der Waals surface area contributed by atoms with Crippen LogP contribution in [-0.4, -0.2) is 33.1 Å². The average Bonchev–Trinajstić information content (AvgIpc) is 3.01. The summed E-state index contributed by atoms with van der Waals surface area (Å²) in [5.41, 5.74) is 11.5. The summed E-state index contributed by atoms with van der Waals surface area (Å²) in [6.45, 7) is 7.74. The van der Waals surface area contributed by atoms with Crippen LogP contribution in [0.25, 0.3) is 11.8 Å². The van der Waals surface area contributed by atoms with Gasteiger partial charge in [0.2, 0.25) is 5.91 Å². The van der Waals surface area contributed by atoms with Gasteiger partial charge in [-0.1, -0.05) is 12.1 Å². The van der Waals surface area contributed by atoms with Gasteiger partial charge in [-0.2, -0.15) is 0 Å². The molecule has 140 valence electrons. The molecule has 0 spiro atoms. The number of primary amides is 1. The lowest BCUT2D eigenvalue weighted by Gasteiger charge is -2.14. The molecule has 1 fully saturated rings. The molecule has 0 bridgehead atoms. The molecule has 7 heteroatoms. The van der Waals surface area contributed by atoms with E-state index in [9.17, 15) is 14.4 Å². The van der Waals surface area contributed by atoms with Crippen molar-refractivity contribution in [2.75, 3.05) is 6.54 Å². The first-order valence-corrected chi connectivity index (χ1v) is 9.31. The fourth-order valence-corrected chi connectivity index (χ4v) is 4.04. The molecular weight excluding hydrogens is 362 g/mol. The van der Waals surface area contributed by atoms with E-state index in [0.29, 0.717) is 4.91 Å². The number of carbonyl (C=O) groups excluding carboxylic acids is 3. The highest BCUT2D eigenvalue weighted by molar-refractivity contribution is 8.18. The van der Waals surface area contributed by atoms with Crippen LogP contribution in [0.4, 0.5) is 4.79 Å². The Kier molecular flexibility index (Phi) is 4.97. The zero-order chi connectivity index (χ0) is 19.9. The third kappa shape index (κ3) is 3.42. The number of aryl methyl sites for hydroxylation is 2. The Labute approximate surface area is 162 Å². The minimum atomic E-state index is -0.716. The maximum Gasteiger partial charge on any atom is 0.294 e. The van der Waals surface area contributed by atoms with Gasteiger partial charge in [0.15, 0.2) is 0 Å². The summed E-state index contributed by atoms with van der Waals surface area (Å²) in [4.78, 5) is 36.7. The van der Waals surface area contributed by atoms with Crippen LogP contribution in [-0.2, 0) is 9.59 Å². The predicted octanol–water partition coefficient (Wildman–Crippen LogP) is 3.23. The van der Waals surface area contributed by atoms with E-state index in [0.717, 1.165) is 39.3 Å². The van der Waals surface area contributed by atoms with Crippen LogP contribution in [0, 0.1) is 27.7 Å². The Hall–Kier alpha value is -2.80. The Morgan fingerprint density at radius 3 is 2.56 bits per heavy atom. The summed E-state index contributed by atoms with van der Waals surface area (Å²) in [6, 6.07) is 8.14. The molecule has 0 unspecified atom stereocenters. The van der Waals surface area contributed by atoms with E-state index in [1.54, 1.807) is 6.08 Å². The molecule has 1 saturated heterocycles. The number of thioether (sulfide) groups is 1. The number of hydrogen-bond donors (Lipinski definition) is 1. The smallest absolute Gasteiger partial charge is 0.294 e. The molecule has 2 heterocycles. The number of hydrogen-bond acceptors (Lipinski definition) is 4. The van der Waals surface area contributed by atoms with Gasteiger partial charge in [-0.25, -0.2) is 0 Å². The third-order valence-electron chi connectivity index (χ3n) is 4.76. The van der Waals surface area contributed by atoms with Crippen molar-refractivity contribution >= 4 is 34.9 Å². The van der Waals surface area contributed by atoms with E-state index >= 15 is 0 Å². The molecule has 2 aromatic rings. The van der Waals surface area contributed by atoms with Crippen LogP contribution >= 0.6 is 11.8 Å². The van der Waals surface area contributed by atoms with Gasteiger partial charge in [0.1, 0.15) is 6.54 Å². The van der Waals surface area contributed by atoms with Crippen molar-refractivity contribution in [3.05, 3.63) is 57.2 Å². The highest BCUT2D eigenvalue weighted by Crippen LogP contribution is 2.34. The SMILES string of the molecule is Cc1cccc(-n2c(C)cc(/C=C3\SC(=O)N(CC(N)=O)C3=O)c2C)c1C. The van der Waals surface area contributed by atoms with Gasteiger partial charge in [0.25, 0.3) is 11.1 Å². The lowest BCUT2D eigenvalue weighted by molar-refractivity contribution is -0.127.